The zero-order valence-electron chi connectivity index (χ0n) is 16.2. The molecule has 8 heteroatoms. The number of benzene rings is 1. The predicted octanol–water partition coefficient (Wildman–Crippen LogP) is 2.57. The molecule has 2 aliphatic rings. The van der Waals surface area contributed by atoms with E-state index < -0.39 is 6.04 Å². The van der Waals surface area contributed by atoms with Gasteiger partial charge in [-0.25, -0.2) is 9.18 Å². The monoisotopic (exact) mass is 412 g/mol. The van der Waals surface area contributed by atoms with Gasteiger partial charge >= 0.3 is 6.03 Å². The molecule has 0 aromatic heterocycles. The molecule has 2 bridgehead atoms. The lowest BCUT2D eigenvalue weighted by atomic mass is 10.1. The second kappa shape index (κ2) is 10.6. The highest BCUT2D eigenvalue weighted by atomic mass is 35.5. The van der Waals surface area contributed by atoms with E-state index in [0.29, 0.717) is 25.0 Å². The first kappa shape index (κ1) is 22.4. The molecule has 2 fully saturated rings. The molecule has 0 saturated carbocycles. The Morgan fingerprint density at radius 2 is 1.93 bits per heavy atom. The van der Waals surface area contributed by atoms with Gasteiger partial charge in [0, 0.05) is 31.7 Å². The number of nitrogens with one attached hydrogen (secondary N) is 3. The number of halogens is 2. The number of fused-ring (bicyclic) bond motifs is 2. The van der Waals surface area contributed by atoms with Crippen LogP contribution in [0, 0.1) is 5.82 Å². The summed E-state index contributed by atoms with van der Waals surface area (Å²) in [6, 6.07) is 5.98. The molecule has 3 atom stereocenters. The average molecular weight is 413 g/mol. The molecule has 0 aliphatic carbocycles. The highest BCUT2D eigenvalue weighted by Gasteiger charge is 2.33. The Hall–Kier alpha value is -1.86. The zero-order chi connectivity index (χ0) is 19.2. The van der Waals surface area contributed by atoms with Crippen molar-refractivity contribution in [3.8, 4) is 0 Å². The highest BCUT2D eigenvalue weighted by Crippen LogP contribution is 2.21. The van der Waals surface area contributed by atoms with E-state index in [0.717, 1.165) is 31.4 Å². The standard InChI is InChI=1S/C20H29FN4O2.ClH/c1-2-3-18(19(26)25-11-10-16-8-9-17(13-25)23-16)24-20(27)22-12-14-4-6-15(21)7-5-14;/h4-7,16-18,23H,2-3,8-13H2,1H3,(H2,22,24,27);1H. The molecule has 28 heavy (non-hydrogen) atoms. The number of carbonyl (C=O) groups excluding carboxylic acids is 2. The molecule has 2 heterocycles. The summed E-state index contributed by atoms with van der Waals surface area (Å²) in [6.45, 7) is 3.75. The van der Waals surface area contributed by atoms with E-state index in [9.17, 15) is 14.0 Å². The van der Waals surface area contributed by atoms with E-state index >= 15 is 0 Å². The summed E-state index contributed by atoms with van der Waals surface area (Å²) in [4.78, 5) is 27.2. The number of urea groups is 1. The van der Waals surface area contributed by atoms with Crippen molar-refractivity contribution in [3.63, 3.8) is 0 Å². The van der Waals surface area contributed by atoms with Crippen LogP contribution in [0.5, 0.6) is 0 Å². The van der Waals surface area contributed by atoms with Crippen molar-refractivity contribution in [2.75, 3.05) is 13.1 Å². The molecular formula is C20H30ClFN4O2. The smallest absolute Gasteiger partial charge is 0.315 e. The average Bonchev–Trinajstić information content (AvgIpc) is 2.99. The van der Waals surface area contributed by atoms with Gasteiger partial charge in [0.15, 0.2) is 0 Å². The summed E-state index contributed by atoms with van der Waals surface area (Å²) in [5, 5.41) is 9.15. The van der Waals surface area contributed by atoms with Crippen LogP contribution in [-0.4, -0.2) is 48.1 Å². The van der Waals surface area contributed by atoms with Crippen LogP contribution in [0.25, 0.3) is 0 Å². The molecule has 0 spiro atoms. The summed E-state index contributed by atoms with van der Waals surface area (Å²) in [7, 11) is 0. The van der Waals surface area contributed by atoms with Crippen molar-refractivity contribution in [2.24, 2.45) is 0 Å². The molecule has 2 saturated heterocycles. The van der Waals surface area contributed by atoms with E-state index in [2.05, 4.69) is 16.0 Å². The largest absolute Gasteiger partial charge is 0.339 e. The Morgan fingerprint density at radius 1 is 1.21 bits per heavy atom. The van der Waals surface area contributed by atoms with Crippen molar-refractivity contribution in [3.05, 3.63) is 35.6 Å². The van der Waals surface area contributed by atoms with E-state index in [1.54, 1.807) is 12.1 Å². The van der Waals surface area contributed by atoms with Gasteiger partial charge in [-0.05, 0) is 43.4 Å². The van der Waals surface area contributed by atoms with Crippen LogP contribution in [-0.2, 0) is 11.3 Å². The predicted molar refractivity (Wildman–Crippen MR) is 109 cm³/mol. The number of rotatable bonds is 6. The van der Waals surface area contributed by atoms with Gasteiger partial charge in [-0.2, -0.15) is 0 Å². The molecular weight excluding hydrogens is 383 g/mol. The first-order valence-electron chi connectivity index (χ1n) is 9.88. The fourth-order valence-corrected chi connectivity index (χ4v) is 3.90. The molecule has 3 rings (SSSR count). The number of amides is 3. The van der Waals surface area contributed by atoms with Crippen molar-refractivity contribution in [1.82, 2.24) is 20.9 Å². The van der Waals surface area contributed by atoms with Crippen LogP contribution in [0.15, 0.2) is 24.3 Å². The van der Waals surface area contributed by atoms with Crippen molar-refractivity contribution in [1.29, 1.82) is 0 Å². The van der Waals surface area contributed by atoms with Crippen LogP contribution in [0.3, 0.4) is 0 Å². The van der Waals surface area contributed by atoms with Crippen molar-refractivity contribution < 1.29 is 14.0 Å². The van der Waals surface area contributed by atoms with Crippen LogP contribution >= 0.6 is 12.4 Å². The number of nitrogens with zero attached hydrogens (tertiary/aromatic N) is 1. The van der Waals surface area contributed by atoms with Gasteiger partial charge in [0.1, 0.15) is 11.9 Å². The van der Waals surface area contributed by atoms with Gasteiger partial charge in [0.2, 0.25) is 5.91 Å². The fraction of sp³-hybridized carbons (Fsp3) is 0.600. The molecule has 2 aliphatic heterocycles. The molecule has 1 aromatic carbocycles. The van der Waals surface area contributed by atoms with Crippen LogP contribution < -0.4 is 16.0 Å². The Bertz CT molecular complexity index is 658. The van der Waals surface area contributed by atoms with Gasteiger partial charge in [-0.15, -0.1) is 12.4 Å². The van der Waals surface area contributed by atoms with E-state index in [-0.39, 0.29) is 36.7 Å². The minimum atomic E-state index is -0.514. The Balaban J connectivity index is 0.00000280. The van der Waals surface area contributed by atoms with Crippen LogP contribution in [0.2, 0.25) is 0 Å². The topological polar surface area (TPSA) is 73.5 Å². The number of hydrogen-bond donors (Lipinski definition) is 3. The number of hydrogen-bond acceptors (Lipinski definition) is 3. The lowest BCUT2D eigenvalue weighted by Gasteiger charge is -2.29. The summed E-state index contributed by atoms with van der Waals surface area (Å²) in [5.74, 6) is -0.305. The van der Waals surface area contributed by atoms with E-state index in [4.69, 9.17) is 0 Å². The molecule has 1 aromatic rings. The van der Waals surface area contributed by atoms with E-state index in [1.165, 1.54) is 18.6 Å². The molecule has 156 valence electrons. The molecule has 3 N–H and O–H groups in total. The lowest BCUT2D eigenvalue weighted by molar-refractivity contribution is -0.133. The normalized spacial score (nSPS) is 22.0. The summed E-state index contributed by atoms with van der Waals surface area (Å²) >= 11 is 0. The molecule has 0 radical (unpaired) electrons. The summed E-state index contributed by atoms with van der Waals surface area (Å²) in [5.41, 5.74) is 0.805. The molecule has 3 amide bonds. The third-order valence-electron chi connectivity index (χ3n) is 5.38. The third kappa shape index (κ3) is 6.07. The van der Waals surface area contributed by atoms with Crippen LogP contribution in [0.1, 0.15) is 44.6 Å². The van der Waals surface area contributed by atoms with Gasteiger partial charge < -0.3 is 20.9 Å². The Kier molecular flexibility index (Phi) is 8.51. The maximum absolute atomic E-state index is 13.0. The Morgan fingerprint density at radius 3 is 2.64 bits per heavy atom. The Labute approximate surface area is 172 Å². The highest BCUT2D eigenvalue weighted by molar-refractivity contribution is 5.87. The quantitative estimate of drug-likeness (QED) is 0.672. The SMILES string of the molecule is CCCC(NC(=O)NCc1ccc(F)cc1)C(=O)N1CCC2CCC(C1)N2.Cl. The van der Waals surface area contributed by atoms with Gasteiger partial charge in [-0.3, -0.25) is 4.79 Å². The molecule has 6 nitrogen and oxygen atoms in total. The zero-order valence-corrected chi connectivity index (χ0v) is 17.1. The first-order chi connectivity index (χ1) is 13.0. The molecule has 3 unspecified atom stereocenters. The van der Waals surface area contributed by atoms with Crippen molar-refractivity contribution >= 4 is 24.3 Å². The maximum Gasteiger partial charge on any atom is 0.315 e. The maximum atomic E-state index is 13.0. The van der Waals surface area contributed by atoms with E-state index in [1.807, 2.05) is 11.8 Å². The number of likely N-dealkylation sites (tertiary alicyclic amines) is 1. The third-order valence-corrected chi connectivity index (χ3v) is 5.38. The fourth-order valence-electron chi connectivity index (χ4n) is 3.90. The number of carbonyl (C=O) groups is 2. The van der Waals surface area contributed by atoms with Crippen LogP contribution in [0.4, 0.5) is 9.18 Å². The summed E-state index contributed by atoms with van der Waals surface area (Å²) in [6.07, 6.45) is 4.69. The lowest BCUT2D eigenvalue weighted by Crippen LogP contribution is -2.52. The second-order valence-electron chi connectivity index (χ2n) is 7.51. The van der Waals surface area contributed by atoms with Gasteiger partial charge in [-0.1, -0.05) is 25.5 Å². The summed E-state index contributed by atoms with van der Waals surface area (Å²) < 4.78 is 12.9. The van der Waals surface area contributed by atoms with Crippen molar-refractivity contribution in [2.45, 2.75) is 63.7 Å². The van der Waals surface area contributed by atoms with Gasteiger partial charge in [0.25, 0.3) is 0 Å². The second-order valence-corrected chi connectivity index (χ2v) is 7.51. The first-order valence-corrected chi connectivity index (χ1v) is 9.88. The van der Waals surface area contributed by atoms with Gasteiger partial charge in [0.05, 0.1) is 0 Å². The minimum Gasteiger partial charge on any atom is -0.339 e. The minimum absolute atomic E-state index is 0.